The molecule has 0 aliphatic heterocycles. The van der Waals surface area contributed by atoms with E-state index in [9.17, 15) is 19.8 Å². The van der Waals surface area contributed by atoms with Crippen molar-refractivity contribution >= 4 is 36.3 Å². The molecular weight excluding hydrogens is 516 g/mol. The molecule has 4 rings (SSSR count). The molecule has 4 aromatic rings. The van der Waals surface area contributed by atoms with E-state index >= 15 is 0 Å². The number of aromatic nitrogens is 1. The molecular formula is C30H28N2O4S2. The highest BCUT2D eigenvalue weighted by Gasteiger charge is 2.38. The summed E-state index contributed by atoms with van der Waals surface area (Å²) in [7, 11) is 0. The van der Waals surface area contributed by atoms with Crippen molar-refractivity contribution < 1.29 is 19.8 Å². The molecule has 0 aliphatic rings. The lowest BCUT2D eigenvalue weighted by molar-refractivity contribution is -0.138. The summed E-state index contributed by atoms with van der Waals surface area (Å²) in [6, 6.07) is 32.2. The summed E-state index contributed by atoms with van der Waals surface area (Å²) >= 11 is 5.76. The summed E-state index contributed by atoms with van der Waals surface area (Å²) in [5.41, 5.74) is 4.19. The molecule has 0 aliphatic carbocycles. The van der Waals surface area contributed by atoms with Crippen LogP contribution in [0.1, 0.15) is 38.4 Å². The van der Waals surface area contributed by atoms with E-state index < -0.39 is 22.7 Å². The van der Waals surface area contributed by atoms with E-state index in [4.69, 9.17) is 0 Å². The van der Waals surface area contributed by atoms with E-state index in [1.54, 1.807) is 11.8 Å². The molecule has 3 aromatic carbocycles. The number of thioether (sulfide) groups is 1. The zero-order valence-electron chi connectivity index (χ0n) is 20.5. The van der Waals surface area contributed by atoms with Crippen LogP contribution in [-0.4, -0.2) is 38.9 Å². The molecule has 1 unspecified atom stereocenters. The third-order valence-corrected chi connectivity index (χ3v) is 8.14. The van der Waals surface area contributed by atoms with Crippen LogP contribution in [0.25, 0.3) is 0 Å². The predicted octanol–water partition coefficient (Wildman–Crippen LogP) is 5.48. The SMILES string of the molecule is O=C(O)c1cc(CS)nc(CNC(CSC(c2ccccc2)(c2ccccc2)c2ccccc2)C(=O)O)c1. The second-order valence-electron chi connectivity index (χ2n) is 8.66. The summed E-state index contributed by atoms with van der Waals surface area (Å²) in [6.45, 7) is 0.106. The van der Waals surface area contributed by atoms with Crippen molar-refractivity contribution in [2.24, 2.45) is 0 Å². The molecule has 3 N–H and O–H groups in total. The predicted molar refractivity (Wildman–Crippen MR) is 154 cm³/mol. The molecule has 0 amide bonds. The van der Waals surface area contributed by atoms with Gasteiger partial charge in [0.1, 0.15) is 6.04 Å². The number of hydrogen-bond donors (Lipinski definition) is 4. The Labute approximate surface area is 231 Å². The normalized spacial score (nSPS) is 12.1. The van der Waals surface area contributed by atoms with E-state index in [2.05, 4.69) is 59.3 Å². The zero-order valence-corrected chi connectivity index (χ0v) is 22.2. The first kappa shape index (κ1) is 27.4. The average molecular weight is 545 g/mol. The maximum atomic E-state index is 12.3. The number of aliphatic carboxylic acids is 1. The second-order valence-corrected chi connectivity index (χ2v) is 10.2. The minimum absolute atomic E-state index is 0.0957. The third kappa shape index (κ3) is 6.27. The number of carbonyl (C=O) groups is 2. The fraction of sp³-hybridized carbons (Fsp3) is 0.167. The van der Waals surface area contributed by atoms with Crippen molar-refractivity contribution in [3.63, 3.8) is 0 Å². The standard InChI is InChI=1S/C30H28N2O4S2/c33-28(34)21-16-25(32-26(17-21)19-37)18-31-27(29(35)36)20-38-30(22-10-4-1-5-11-22,23-12-6-2-7-13-23)24-14-8-3-9-15-24/h1-17,27,31,37H,18-20H2,(H,33,34)(H,35,36). The monoisotopic (exact) mass is 544 g/mol. The van der Waals surface area contributed by atoms with E-state index in [1.165, 1.54) is 12.1 Å². The number of nitrogens with one attached hydrogen (secondary N) is 1. The number of nitrogens with zero attached hydrogens (tertiary/aromatic N) is 1. The van der Waals surface area contributed by atoms with Gasteiger partial charge >= 0.3 is 11.9 Å². The van der Waals surface area contributed by atoms with Crippen LogP contribution in [-0.2, 0) is 21.8 Å². The maximum absolute atomic E-state index is 12.3. The first-order valence-electron chi connectivity index (χ1n) is 12.0. The van der Waals surface area contributed by atoms with Crippen molar-refractivity contribution in [2.45, 2.75) is 23.1 Å². The summed E-state index contributed by atoms with van der Waals surface area (Å²) in [4.78, 5) is 28.3. The summed E-state index contributed by atoms with van der Waals surface area (Å²) in [6.07, 6.45) is 0. The van der Waals surface area contributed by atoms with E-state index in [0.29, 0.717) is 11.4 Å². The van der Waals surface area contributed by atoms with E-state index in [-0.39, 0.29) is 23.6 Å². The number of aromatic carboxylic acids is 1. The second kappa shape index (κ2) is 12.8. The number of rotatable bonds is 12. The van der Waals surface area contributed by atoms with Gasteiger partial charge < -0.3 is 10.2 Å². The van der Waals surface area contributed by atoms with Crippen LogP contribution in [0.3, 0.4) is 0 Å². The van der Waals surface area contributed by atoms with Gasteiger partial charge in [-0.2, -0.15) is 12.6 Å². The number of benzene rings is 3. The molecule has 8 heteroatoms. The Morgan fingerprint density at radius 1 is 0.816 bits per heavy atom. The Balaban J connectivity index is 1.67. The molecule has 194 valence electrons. The Kier molecular flexibility index (Phi) is 9.23. The van der Waals surface area contributed by atoms with Gasteiger partial charge in [0.25, 0.3) is 0 Å². The number of pyridine rings is 1. The summed E-state index contributed by atoms with van der Waals surface area (Å²) in [5.74, 6) is -1.55. The largest absolute Gasteiger partial charge is 0.480 e. The molecule has 0 radical (unpaired) electrons. The zero-order chi connectivity index (χ0) is 27.0. The van der Waals surface area contributed by atoms with Gasteiger partial charge in [-0.3, -0.25) is 15.1 Å². The van der Waals surface area contributed by atoms with Crippen molar-refractivity contribution in [1.82, 2.24) is 10.3 Å². The van der Waals surface area contributed by atoms with Gasteiger partial charge in [-0.25, -0.2) is 4.79 Å². The smallest absolute Gasteiger partial charge is 0.335 e. The molecule has 0 spiro atoms. The van der Waals surface area contributed by atoms with Crippen LogP contribution in [0.15, 0.2) is 103 Å². The lowest BCUT2D eigenvalue weighted by Crippen LogP contribution is -2.40. The average Bonchev–Trinajstić information content (AvgIpc) is 2.96. The fourth-order valence-corrected chi connectivity index (χ4v) is 6.11. The Hall–Kier alpha value is -3.59. The Bertz CT molecular complexity index is 1270. The summed E-state index contributed by atoms with van der Waals surface area (Å²) in [5, 5.41) is 22.6. The van der Waals surface area contributed by atoms with Crippen LogP contribution < -0.4 is 5.32 Å². The molecule has 0 saturated carbocycles. The minimum atomic E-state index is -1.07. The van der Waals surface area contributed by atoms with Gasteiger partial charge in [-0.15, -0.1) is 11.8 Å². The van der Waals surface area contributed by atoms with Gasteiger partial charge in [0.15, 0.2) is 0 Å². The number of carboxylic acids is 2. The van der Waals surface area contributed by atoms with Crippen molar-refractivity contribution in [1.29, 1.82) is 0 Å². The van der Waals surface area contributed by atoms with Crippen molar-refractivity contribution in [2.75, 3.05) is 5.75 Å². The van der Waals surface area contributed by atoms with Gasteiger partial charge in [-0.1, -0.05) is 91.0 Å². The van der Waals surface area contributed by atoms with Gasteiger partial charge in [0.05, 0.1) is 21.7 Å². The molecule has 1 atom stereocenters. The minimum Gasteiger partial charge on any atom is -0.480 e. The van der Waals surface area contributed by atoms with Crippen LogP contribution in [0.4, 0.5) is 0 Å². The van der Waals surface area contributed by atoms with Gasteiger partial charge in [0.2, 0.25) is 0 Å². The molecule has 38 heavy (non-hydrogen) atoms. The van der Waals surface area contributed by atoms with Crippen LogP contribution in [0, 0.1) is 0 Å². The van der Waals surface area contributed by atoms with Crippen LogP contribution in [0.5, 0.6) is 0 Å². The topological polar surface area (TPSA) is 99.5 Å². The number of hydrogen-bond acceptors (Lipinski definition) is 6. The van der Waals surface area contributed by atoms with Gasteiger partial charge in [0, 0.05) is 18.1 Å². The highest BCUT2D eigenvalue weighted by Crippen LogP contribution is 2.48. The Morgan fingerprint density at radius 3 is 1.71 bits per heavy atom. The first-order chi connectivity index (χ1) is 18.4. The van der Waals surface area contributed by atoms with E-state index in [1.807, 2.05) is 54.6 Å². The van der Waals surface area contributed by atoms with Crippen LogP contribution in [0.2, 0.25) is 0 Å². The van der Waals surface area contributed by atoms with Gasteiger partial charge in [-0.05, 0) is 28.8 Å². The van der Waals surface area contributed by atoms with Crippen LogP contribution >= 0.6 is 24.4 Å². The molecule has 1 aromatic heterocycles. The fourth-order valence-electron chi connectivity index (χ4n) is 4.37. The molecule has 0 bridgehead atoms. The maximum Gasteiger partial charge on any atom is 0.335 e. The highest BCUT2D eigenvalue weighted by molar-refractivity contribution is 8.00. The Morgan fingerprint density at radius 2 is 1.29 bits per heavy atom. The quantitative estimate of drug-likeness (QED) is 0.139. The molecule has 0 fully saturated rings. The van der Waals surface area contributed by atoms with E-state index in [0.717, 1.165) is 16.7 Å². The van der Waals surface area contributed by atoms with Crippen molar-refractivity contribution in [3.8, 4) is 0 Å². The molecule has 0 saturated heterocycles. The lowest BCUT2D eigenvalue weighted by atomic mass is 9.84. The highest BCUT2D eigenvalue weighted by atomic mass is 32.2. The summed E-state index contributed by atoms with van der Waals surface area (Å²) < 4.78 is -0.653. The van der Waals surface area contributed by atoms with Crippen molar-refractivity contribution in [3.05, 3.63) is 137 Å². The first-order valence-corrected chi connectivity index (χ1v) is 13.7. The molecule has 6 nitrogen and oxygen atoms in total. The number of carboxylic acid groups (broad SMARTS) is 2. The third-order valence-electron chi connectivity index (χ3n) is 6.18. The molecule has 1 heterocycles. The number of thiol groups is 1. The lowest BCUT2D eigenvalue weighted by Gasteiger charge is -2.36.